The summed E-state index contributed by atoms with van der Waals surface area (Å²) in [7, 11) is -1.35. The number of likely N-dealkylation sites (tertiary alicyclic amines) is 1. The van der Waals surface area contributed by atoms with Crippen LogP contribution in [0.2, 0.25) is 5.02 Å². The lowest BCUT2D eigenvalue weighted by molar-refractivity contribution is -0.130. The maximum atomic E-state index is 12.7. The maximum absolute atomic E-state index is 12.7. The van der Waals surface area contributed by atoms with E-state index in [0.29, 0.717) is 22.2 Å². The number of nitrogens with zero attached hydrogens (tertiary/aromatic N) is 2. The number of carbonyl (C=O) groups excluding carboxylic acids is 1. The molecule has 1 amide bonds. The van der Waals surface area contributed by atoms with Crippen LogP contribution in [0.25, 0.3) is 11.5 Å². The summed E-state index contributed by atoms with van der Waals surface area (Å²) in [6.45, 7) is 3.26. The Kier molecular flexibility index (Phi) is 6.48. The molecule has 2 aromatic rings. The first-order chi connectivity index (χ1) is 12.6. The average Bonchev–Trinajstić information content (AvgIpc) is 2.92. The molecule has 1 aromatic heterocycles. The third-order valence-corrected chi connectivity index (χ3v) is 6.51. The van der Waals surface area contributed by atoms with Gasteiger partial charge in [-0.1, -0.05) is 36.6 Å². The molecule has 7 heteroatoms. The fourth-order valence-electron chi connectivity index (χ4n) is 3.06. The second-order valence-electron chi connectivity index (χ2n) is 6.53. The molecule has 1 aromatic carbocycles. The van der Waals surface area contributed by atoms with Gasteiger partial charge in [0.05, 0.1) is 22.0 Å². The van der Waals surface area contributed by atoms with Gasteiger partial charge in [-0.3, -0.25) is 9.00 Å². The Labute approximate surface area is 161 Å². The van der Waals surface area contributed by atoms with Gasteiger partial charge in [0.2, 0.25) is 11.8 Å². The van der Waals surface area contributed by atoms with Crippen LogP contribution in [0.15, 0.2) is 34.9 Å². The van der Waals surface area contributed by atoms with E-state index >= 15 is 0 Å². The highest BCUT2D eigenvalue weighted by molar-refractivity contribution is 7.85. The van der Waals surface area contributed by atoms with Gasteiger partial charge in [-0.25, -0.2) is 4.98 Å². The first-order valence-corrected chi connectivity index (χ1v) is 10.7. The SMILES string of the molecule is C[C@@H](C(=O)N1CCCCCC1)[S@](=O)Cc1coc(-c2ccccc2Cl)n1. The number of aromatic nitrogens is 1. The molecule has 1 aliphatic rings. The third-order valence-electron chi connectivity index (χ3n) is 4.61. The number of benzene rings is 1. The minimum atomic E-state index is -1.35. The largest absolute Gasteiger partial charge is 0.444 e. The molecule has 3 rings (SSSR count). The highest BCUT2D eigenvalue weighted by Crippen LogP contribution is 2.27. The van der Waals surface area contributed by atoms with E-state index in [0.717, 1.165) is 38.8 Å². The van der Waals surface area contributed by atoms with E-state index in [1.54, 1.807) is 13.0 Å². The number of amides is 1. The van der Waals surface area contributed by atoms with Crippen molar-refractivity contribution in [1.82, 2.24) is 9.88 Å². The van der Waals surface area contributed by atoms with Crippen molar-refractivity contribution in [3.8, 4) is 11.5 Å². The fourth-order valence-corrected chi connectivity index (χ4v) is 4.33. The molecule has 26 heavy (non-hydrogen) atoms. The zero-order chi connectivity index (χ0) is 18.5. The fraction of sp³-hybridized carbons (Fsp3) is 0.474. The van der Waals surface area contributed by atoms with Gasteiger partial charge >= 0.3 is 0 Å². The molecule has 1 fully saturated rings. The summed E-state index contributed by atoms with van der Waals surface area (Å²) in [5.41, 5.74) is 1.26. The molecule has 0 N–H and O–H groups in total. The van der Waals surface area contributed by atoms with Gasteiger partial charge in [0, 0.05) is 23.9 Å². The lowest BCUT2D eigenvalue weighted by Crippen LogP contribution is -2.40. The van der Waals surface area contributed by atoms with E-state index in [4.69, 9.17) is 16.0 Å². The number of hydrogen-bond donors (Lipinski definition) is 0. The Morgan fingerprint density at radius 1 is 1.27 bits per heavy atom. The lowest BCUT2D eigenvalue weighted by Gasteiger charge is -2.23. The van der Waals surface area contributed by atoms with Crippen molar-refractivity contribution < 1.29 is 13.4 Å². The molecule has 140 valence electrons. The second kappa shape index (κ2) is 8.82. The summed E-state index contributed by atoms with van der Waals surface area (Å²) >= 11 is 6.15. The van der Waals surface area contributed by atoms with Crippen molar-refractivity contribution in [2.75, 3.05) is 13.1 Å². The molecular weight excluding hydrogens is 372 g/mol. The molecule has 1 saturated heterocycles. The van der Waals surface area contributed by atoms with E-state index in [1.165, 1.54) is 6.26 Å². The standard InChI is InChI=1S/C19H23ClN2O3S/c1-14(19(23)22-10-6-2-3-7-11-22)26(24)13-15-12-25-18(21-15)16-8-4-5-9-17(16)20/h4-5,8-9,12,14H,2-3,6-7,10-11,13H2,1H3/t14-,26+/m0/s1. The Bertz CT molecular complexity index is 785. The minimum absolute atomic E-state index is 0.0277. The molecule has 0 spiro atoms. The molecular formula is C19H23ClN2O3S. The molecule has 0 bridgehead atoms. The molecule has 1 aliphatic heterocycles. The van der Waals surface area contributed by atoms with Gasteiger partial charge in [-0.2, -0.15) is 0 Å². The van der Waals surface area contributed by atoms with Crippen LogP contribution in [0.5, 0.6) is 0 Å². The number of oxazole rings is 1. The van der Waals surface area contributed by atoms with Gasteiger partial charge < -0.3 is 9.32 Å². The first kappa shape index (κ1) is 19.1. The van der Waals surface area contributed by atoms with Crippen LogP contribution >= 0.6 is 11.6 Å². The zero-order valence-electron chi connectivity index (χ0n) is 14.8. The van der Waals surface area contributed by atoms with E-state index in [1.807, 2.05) is 23.1 Å². The molecule has 0 saturated carbocycles. The average molecular weight is 395 g/mol. The molecule has 0 unspecified atom stereocenters. The Morgan fingerprint density at radius 2 is 1.96 bits per heavy atom. The zero-order valence-corrected chi connectivity index (χ0v) is 16.4. The molecule has 0 aliphatic carbocycles. The number of halogens is 1. The van der Waals surface area contributed by atoms with Crippen molar-refractivity contribution in [2.45, 2.75) is 43.6 Å². The van der Waals surface area contributed by atoms with Crippen molar-refractivity contribution in [3.05, 3.63) is 41.2 Å². The molecule has 2 heterocycles. The second-order valence-corrected chi connectivity index (χ2v) is 8.70. The minimum Gasteiger partial charge on any atom is -0.444 e. The van der Waals surface area contributed by atoms with Crippen LogP contribution in [0.1, 0.15) is 38.3 Å². The smallest absolute Gasteiger partial charge is 0.238 e. The summed E-state index contributed by atoms with van der Waals surface area (Å²) in [6, 6.07) is 7.27. The summed E-state index contributed by atoms with van der Waals surface area (Å²) in [6.07, 6.45) is 5.85. The molecule has 5 nitrogen and oxygen atoms in total. The summed E-state index contributed by atoms with van der Waals surface area (Å²) < 4.78 is 18.1. The number of carbonyl (C=O) groups is 1. The van der Waals surface area contributed by atoms with Crippen molar-refractivity contribution in [2.24, 2.45) is 0 Å². The molecule has 2 atom stereocenters. The maximum Gasteiger partial charge on any atom is 0.238 e. The van der Waals surface area contributed by atoms with E-state index in [9.17, 15) is 9.00 Å². The van der Waals surface area contributed by atoms with E-state index < -0.39 is 16.0 Å². The Hall–Kier alpha value is -1.66. The number of hydrogen-bond acceptors (Lipinski definition) is 4. The van der Waals surface area contributed by atoms with Crippen molar-refractivity contribution in [1.29, 1.82) is 0 Å². The van der Waals surface area contributed by atoms with Crippen LogP contribution in [-0.2, 0) is 21.3 Å². The van der Waals surface area contributed by atoms with Gasteiger partial charge in [-0.05, 0) is 31.9 Å². The summed E-state index contributed by atoms with van der Waals surface area (Å²) in [5, 5.41) is 0.000273. The van der Waals surface area contributed by atoms with E-state index in [-0.39, 0.29) is 11.7 Å². The van der Waals surface area contributed by atoms with Crippen LogP contribution < -0.4 is 0 Å². The quantitative estimate of drug-likeness (QED) is 0.767. The normalized spacial score (nSPS) is 17.5. The monoisotopic (exact) mass is 394 g/mol. The molecule has 0 radical (unpaired) electrons. The number of rotatable bonds is 5. The van der Waals surface area contributed by atoms with Gasteiger partial charge in [0.15, 0.2) is 0 Å². The Balaban J connectivity index is 1.64. The van der Waals surface area contributed by atoms with Gasteiger partial charge in [0.25, 0.3) is 0 Å². The van der Waals surface area contributed by atoms with E-state index in [2.05, 4.69) is 4.98 Å². The lowest BCUT2D eigenvalue weighted by atomic mass is 10.2. The van der Waals surface area contributed by atoms with Crippen LogP contribution in [0, 0.1) is 0 Å². The highest BCUT2D eigenvalue weighted by Gasteiger charge is 2.26. The van der Waals surface area contributed by atoms with Crippen LogP contribution in [0.3, 0.4) is 0 Å². The first-order valence-electron chi connectivity index (χ1n) is 8.91. The van der Waals surface area contributed by atoms with Crippen molar-refractivity contribution >= 4 is 28.3 Å². The summed E-state index contributed by atoms with van der Waals surface area (Å²) in [5.74, 6) is 0.559. The van der Waals surface area contributed by atoms with Crippen molar-refractivity contribution in [3.63, 3.8) is 0 Å². The highest BCUT2D eigenvalue weighted by atomic mass is 35.5. The van der Waals surface area contributed by atoms with Gasteiger partial charge in [0.1, 0.15) is 11.5 Å². The predicted octanol–water partition coefficient (Wildman–Crippen LogP) is 4.03. The van der Waals surface area contributed by atoms with Gasteiger partial charge in [-0.15, -0.1) is 0 Å². The predicted molar refractivity (Wildman–Crippen MR) is 103 cm³/mol. The van der Waals surface area contributed by atoms with Crippen LogP contribution in [0.4, 0.5) is 0 Å². The third kappa shape index (κ3) is 4.54. The summed E-state index contributed by atoms with van der Waals surface area (Å²) in [4.78, 5) is 18.9. The van der Waals surface area contributed by atoms with Crippen LogP contribution in [-0.4, -0.2) is 38.3 Å². The topological polar surface area (TPSA) is 63.4 Å². The Morgan fingerprint density at radius 3 is 2.65 bits per heavy atom.